The highest BCUT2D eigenvalue weighted by Crippen LogP contribution is 2.18. The van der Waals surface area contributed by atoms with Crippen LogP contribution in [0.15, 0.2) is 12.4 Å². The first-order valence-corrected chi connectivity index (χ1v) is 5.21. The fourth-order valence-corrected chi connectivity index (χ4v) is 2.07. The van der Waals surface area contributed by atoms with Crippen LogP contribution >= 0.6 is 0 Å². The van der Waals surface area contributed by atoms with Gasteiger partial charge in [0.1, 0.15) is 0 Å². The van der Waals surface area contributed by atoms with Crippen molar-refractivity contribution in [2.45, 2.75) is 19.9 Å². The van der Waals surface area contributed by atoms with E-state index in [-0.39, 0.29) is 5.75 Å². The Kier molecular flexibility index (Phi) is 2.72. The van der Waals surface area contributed by atoms with Gasteiger partial charge >= 0.3 is 0 Å². The van der Waals surface area contributed by atoms with Gasteiger partial charge < -0.3 is 10.0 Å². The van der Waals surface area contributed by atoms with E-state index in [1.165, 1.54) is 19.2 Å². The van der Waals surface area contributed by atoms with Crippen LogP contribution in [0.5, 0.6) is 5.75 Å². The number of hydrogen-bond acceptors (Lipinski definition) is 3. The van der Waals surface area contributed by atoms with Gasteiger partial charge in [-0.2, -0.15) is 5.10 Å². The Labute approximate surface area is 84.1 Å². The van der Waals surface area contributed by atoms with E-state index in [0.29, 0.717) is 5.92 Å². The van der Waals surface area contributed by atoms with Crippen molar-refractivity contribution in [2.75, 3.05) is 19.6 Å². The lowest BCUT2D eigenvalue weighted by atomic mass is 10.1. The Morgan fingerprint density at radius 3 is 3.07 bits per heavy atom. The highest BCUT2D eigenvalue weighted by Gasteiger charge is 2.21. The highest BCUT2D eigenvalue weighted by molar-refractivity contribution is 5.08. The maximum atomic E-state index is 9.13. The molecule has 0 aliphatic carbocycles. The molecular formula is C10H17N3O. The number of hydrogen-bond donors (Lipinski definition) is 1. The molecule has 1 fully saturated rings. The molecule has 2 heterocycles. The Morgan fingerprint density at radius 2 is 2.50 bits per heavy atom. The Morgan fingerprint density at radius 1 is 1.64 bits per heavy atom. The second-order valence-corrected chi connectivity index (χ2v) is 3.97. The Hall–Kier alpha value is -1.03. The maximum absolute atomic E-state index is 9.13. The average molecular weight is 195 g/mol. The molecule has 1 N–H and O–H groups in total. The van der Waals surface area contributed by atoms with Gasteiger partial charge in [0.25, 0.3) is 0 Å². The third kappa shape index (κ3) is 2.07. The summed E-state index contributed by atoms with van der Waals surface area (Å²) in [5, 5.41) is 13.2. The van der Waals surface area contributed by atoms with Gasteiger partial charge in [-0.1, -0.05) is 6.92 Å². The molecule has 0 radical (unpaired) electrons. The van der Waals surface area contributed by atoms with Crippen molar-refractivity contribution < 1.29 is 5.11 Å². The molecule has 4 heteroatoms. The molecule has 0 saturated carbocycles. The first-order chi connectivity index (χ1) is 6.78. The first kappa shape index (κ1) is 9.52. The third-order valence-electron chi connectivity index (χ3n) is 2.88. The SMILES string of the molecule is CCN1CCC(Cn2cc(O)cn2)C1. The number of rotatable bonds is 3. The molecule has 0 amide bonds. The minimum Gasteiger partial charge on any atom is -0.505 e. The van der Waals surface area contributed by atoms with Crippen LogP contribution in [0.2, 0.25) is 0 Å². The molecule has 2 rings (SSSR count). The van der Waals surface area contributed by atoms with Crippen LogP contribution in [0.3, 0.4) is 0 Å². The van der Waals surface area contributed by atoms with E-state index >= 15 is 0 Å². The van der Waals surface area contributed by atoms with E-state index < -0.39 is 0 Å². The largest absolute Gasteiger partial charge is 0.505 e. The van der Waals surface area contributed by atoms with Gasteiger partial charge in [0.05, 0.1) is 12.4 Å². The second kappa shape index (κ2) is 4.00. The Bertz CT molecular complexity index is 297. The molecule has 1 saturated heterocycles. The average Bonchev–Trinajstić information content (AvgIpc) is 2.76. The Balaban J connectivity index is 1.87. The summed E-state index contributed by atoms with van der Waals surface area (Å²) in [6.45, 7) is 6.63. The lowest BCUT2D eigenvalue weighted by Gasteiger charge is -2.12. The van der Waals surface area contributed by atoms with Gasteiger partial charge in [0, 0.05) is 13.1 Å². The number of aromatic nitrogens is 2. The molecule has 1 aromatic rings. The van der Waals surface area contributed by atoms with Crippen molar-refractivity contribution in [3.63, 3.8) is 0 Å². The minimum atomic E-state index is 0.260. The van der Waals surface area contributed by atoms with E-state index in [1.54, 1.807) is 6.20 Å². The van der Waals surface area contributed by atoms with Crippen LogP contribution in [0.1, 0.15) is 13.3 Å². The summed E-state index contributed by atoms with van der Waals surface area (Å²) in [4.78, 5) is 2.45. The quantitative estimate of drug-likeness (QED) is 0.780. The molecule has 0 spiro atoms. The molecular weight excluding hydrogens is 178 g/mol. The summed E-state index contributed by atoms with van der Waals surface area (Å²) < 4.78 is 1.83. The fourth-order valence-electron chi connectivity index (χ4n) is 2.07. The van der Waals surface area contributed by atoms with Gasteiger partial charge in [0.2, 0.25) is 0 Å². The van der Waals surface area contributed by atoms with Crippen LogP contribution in [0.25, 0.3) is 0 Å². The van der Waals surface area contributed by atoms with Crippen molar-refractivity contribution in [1.82, 2.24) is 14.7 Å². The van der Waals surface area contributed by atoms with E-state index in [4.69, 9.17) is 5.11 Å². The van der Waals surface area contributed by atoms with E-state index in [0.717, 1.165) is 19.6 Å². The lowest BCUT2D eigenvalue weighted by Crippen LogP contribution is -2.21. The monoisotopic (exact) mass is 195 g/mol. The van der Waals surface area contributed by atoms with Crippen LogP contribution in [0, 0.1) is 5.92 Å². The summed E-state index contributed by atoms with van der Waals surface area (Å²) in [6.07, 6.45) is 4.43. The molecule has 1 atom stereocenters. The topological polar surface area (TPSA) is 41.3 Å². The van der Waals surface area contributed by atoms with Crippen LogP contribution < -0.4 is 0 Å². The van der Waals surface area contributed by atoms with Crippen LogP contribution in [-0.4, -0.2) is 39.4 Å². The zero-order chi connectivity index (χ0) is 9.97. The van der Waals surface area contributed by atoms with E-state index in [2.05, 4.69) is 16.9 Å². The van der Waals surface area contributed by atoms with Crippen molar-refractivity contribution in [3.05, 3.63) is 12.4 Å². The van der Waals surface area contributed by atoms with Crippen LogP contribution in [-0.2, 0) is 6.54 Å². The lowest BCUT2D eigenvalue weighted by molar-refractivity contribution is 0.328. The second-order valence-electron chi connectivity index (χ2n) is 3.97. The fraction of sp³-hybridized carbons (Fsp3) is 0.700. The predicted octanol–water partition coefficient (Wildman–Crippen LogP) is 0.930. The number of nitrogens with zero attached hydrogens (tertiary/aromatic N) is 3. The highest BCUT2D eigenvalue weighted by atomic mass is 16.3. The molecule has 1 aliphatic rings. The van der Waals surface area contributed by atoms with Crippen molar-refractivity contribution in [2.24, 2.45) is 5.92 Å². The molecule has 4 nitrogen and oxygen atoms in total. The summed E-state index contributed by atoms with van der Waals surface area (Å²) in [5.41, 5.74) is 0. The zero-order valence-corrected chi connectivity index (χ0v) is 8.56. The van der Waals surface area contributed by atoms with Gasteiger partial charge in [-0.3, -0.25) is 4.68 Å². The smallest absolute Gasteiger partial charge is 0.153 e. The molecule has 0 aromatic carbocycles. The molecule has 1 unspecified atom stereocenters. The van der Waals surface area contributed by atoms with E-state index in [9.17, 15) is 0 Å². The van der Waals surface area contributed by atoms with Gasteiger partial charge in [-0.25, -0.2) is 0 Å². The van der Waals surface area contributed by atoms with Gasteiger partial charge in [-0.15, -0.1) is 0 Å². The molecule has 14 heavy (non-hydrogen) atoms. The van der Waals surface area contributed by atoms with Gasteiger partial charge in [0.15, 0.2) is 5.75 Å². The molecule has 78 valence electrons. The number of aromatic hydroxyl groups is 1. The van der Waals surface area contributed by atoms with Crippen LogP contribution in [0.4, 0.5) is 0 Å². The van der Waals surface area contributed by atoms with E-state index in [1.807, 2.05) is 4.68 Å². The molecule has 0 bridgehead atoms. The maximum Gasteiger partial charge on any atom is 0.153 e. The predicted molar refractivity (Wildman–Crippen MR) is 54.1 cm³/mol. The first-order valence-electron chi connectivity index (χ1n) is 5.21. The summed E-state index contributed by atoms with van der Waals surface area (Å²) >= 11 is 0. The summed E-state index contributed by atoms with van der Waals surface area (Å²) in [6, 6.07) is 0. The normalized spacial score (nSPS) is 23.1. The summed E-state index contributed by atoms with van der Waals surface area (Å²) in [7, 11) is 0. The van der Waals surface area contributed by atoms with Crippen molar-refractivity contribution in [3.8, 4) is 5.75 Å². The molecule has 1 aromatic heterocycles. The summed E-state index contributed by atoms with van der Waals surface area (Å²) in [5.74, 6) is 0.949. The molecule has 1 aliphatic heterocycles. The third-order valence-corrected chi connectivity index (χ3v) is 2.88. The van der Waals surface area contributed by atoms with Crippen molar-refractivity contribution in [1.29, 1.82) is 0 Å². The van der Waals surface area contributed by atoms with Gasteiger partial charge in [-0.05, 0) is 25.4 Å². The minimum absolute atomic E-state index is 0.260. The van der Waals surface area contributed by atoms with Crippen molar-refractivity contribution >= 4 is 0 Å². The standard InChI is InChI=1S/C10H17N3O/c1-2-12-4-3-9(6-12)7-13-8-10(14)5-11-13/h5,8-9,14H,2-4,6-7H2,1H3. The zero-order valence-electron chi connectivity index (χ0n) is 8.56. The number of likely N-dealkylation sites (tertiary alicyclic amines) is 1.